The SMILES string of the molecule is CC1CN(c2cc(C#N)cc(Cl)n2)CC(C)S1. The molecule has 1 aromatic rings. The predicted octanol–water partition coefficient (Wildman–Crippen LogP) is 2.94. The molecule has 1 aliphatic rings. The third-order valence-electron chi connectivity index (χ3n) is 2.65. The quantitative estimate of drug-likeness (QED) is 0.734. The molecule has 5 heteroatoms. The number of aromatic nitrogens is 1. The monoisotopic (exact) mass is 267 g/mol. The number of nitrogens with zero attached hydrogens (tertiary/aromatic N) is 3. The number of rotatable bonds is 1. The van der Waals surface area contributed by atoms with Crippen LogP contribution in [-0.4, -0.2) is 28.6 Å². The fourth-order valence-electron chi connectivity index (χ4n) is 2.07. The number of halogens is 1. The van der Waals surface area contributed by atoms with Gasteiger partial charge >= 0.3 is 0 Å². The van der Waals surface area contributed by atoms with Gasteiger partial charge in [-0.15, -0.1) is 0 Å². The first-order valence-electron chi connectivity index (χ1n) is 5.56. The Morgan fingerprint density at radius 1 is 1.41 bits per heavy atom. The summed E-state index contributed by atoms with van der Waals surface area (Å²) in [4.78, 5) is 6.51. The lowest BCUT2D eigenvalue weighted by molar-refractivity contribution is 0.718. The van der Waals surface area contributed by atoms with Gasteiger partial charge in [0.1, 0.15) is 11.0 Å². The summed E-state index contributed by atoms with van der Waals surface area (Å²) in [6.07, 6.45) is 0. The molecular weight excluding hydrogens is 254 g/mol. The van der Waals surface area contributed by atoms with E-state index in [9.17, 15) is 0 Å². The molecule has 2 unspecified atom stereocenters. The average molecular weight is 268 g/mol. The molecule has 3 nitrogen and oxygen atoms in total. The molecule has 0 bridgehead atoms. The van der Waals surface area contributed by atoms with E-state index in [1.54, 1.807) is 12.1 Å². The minimum absolute atomic E-state index is 0.387. The van der Waals surface area contributed by atoms with Gasteiger partial charge < -0.3 is 4.90 Å². The standard InChI is InChI=1S/C12H14ClN3S/c1-8-6-16(7-9(2)17-8)12-4-10(5-14)3-11(13)15-12/h3-4,8-9H,6-7H2,1-2H3. The summed E-state index contributed by atoms with van der Waals surface area (Å²) in [6, 6.07) is 5.51. The van der Waals surface area contributed by atoms with Crippen molar-refractivity contribution in [2.45, 2.75) is 24.3 Å². The molecule has 2 atom stereocenters. The molecule has 0 spiro atoms. The molecule has 0 N–H and O–H groups in total. The Balaban J connectivity index is 2.27. The predicted molar refractivity (Wildman–Crippen MR) is 72.7 cm³/mol. The van der Waals surface area contributed by atoms with Crippen molar-refractivity contribution in [2.24, 2.45) is 0 Å². The summed E-state index contributed by atoms with van der Waals surface area (Å²) in [5.74, 6) is 0.813. The first-order valence-corrected chi connectivity index (χ1v) is 6.88. The Morgan fingerprint density at radius 3 is 2.65 bits per heavy atom. The Hall–Kier alpha value is -0.920. The first kappa shape index (κ1) is 12.5. The van der Waals surface area contributed by atoms with Gasteiger partial charge in [-0.3, -0.25) is 0 Å². The second-order valence-electron chi connectivity index (χ2n) is 4.31. The van der Waals surface area contributed by atoms with Gasteiger partial charge in [0.25, 0.3) is 0 Å². The van der Waals surface area contributed by atoms with Crippen LogP contribution in [0.5, 0.6) is 0 Å². The van der Waals surface area contributed by atoms with Crippen LogP contribution >= 0.6 is 23.4 Å². The number of thioether (sulfide) groups is 1. The molecule has 90 valence electrons. The molecule has 0 amide bonds. The highest BCUT2D eigenvalue weighted by atomic mass is 35.5. The van der Waals surface area contributed by atoms with Crippen LogP contribution in [-0.2, 0) is 0 Å². The zero-order valence-corrected chi connectivity index (χ0v) is 11.4. The lowest BCUT2D eigenvalue weighted by Crippen LogP contribution is -2.40. The van der Waals surface area contributed by atoms with Crippen molar-refractivity contribution in [1.29, 1.82) is 5.26 Å². The fraction of sp³-hybridized carbons (Fsp3) is 0.500. The van der Waals surface area contributed by atoms with Gasteiger partial charge in [0.2, 0.25) is 0 Å². The minimum atomic E-state index is 0.387. The van der Waals surface area contributed by atoms with Gasteiger partial charge in [-0.25, -0.2) is 4.98 Å². The van der Waals surface area contributed by atoms with Crippen LogP contribution in [0.3, 0.4) is 0 Å². The molecule has 0 aromatic carbocycles. The van der Waals surface area contributed by atoms with Gasteiger partial charge in [0.05, 0.1) is 11.6 Å². The van der Waals surface area contributed by atoms with Crippen molar-refractivity contribution >= 4 is 29.2 Å². The smallest absolute Gasteiger partial charge is 0.132 e. The average Bonchev–Trinajstić information content (AvgIpc) is 2.26. The Labute approximate surface area is 111 Å². The first-order chi connectivity index (χ1) is 8.08. The van der Waals surface area contributed by atoms with Crippen LogP contribution < -0.4 is 4.90 Å². The molecule has 0 saturated carbocycles. The highest BCUT2D eigenvalue weighted by molar-refractivity contribution is 8.00. The van der Waals surface area contributed by atoms with Crippen LogP contribution in [0.25, 0.3) is 0 Å². The van der Waals surface area contributed by atoms with E-state index in [1.807, 2.05) is 11.8 Å². The van der Waals surface area contributed by atoms with E-state index in [4.69, 9.17) is 16.9 Å². The summed E-state index contributed by atoms with van der Waals surface area (Å²) in [6.45, 7) is 6.33. The van der Waals surface area contributed by atoms with E-state index in [-0.39, 0.29) is 0 Å². The van der Waals surface area contributed by atoms with Crippen molar-refractivity contribution in [3.63, 3.8) is 0 Å². The Kier molecular flexibility index (Phi) is 3.80. The van der Waals surface area contributed by atoms with E-state index in [1.165, 1.54) is 0 Å². The van der Waals surface area contributed by atoms with E-state index in [0.717, 1.165) is 18.9 Å². The Bertz CT molecular complexity index is 448. The molecule has 1 saturated heterocycles. The van der Waals surface area contributed by atoms with Crippen molar-refractivity contribution in [1.82, 2.24) is 4.98 Å². The summed E-state index contributed by atoms with van der Waals surface area (Å²) in [5.41, 5.74) is 0.568. The van der Waals surface area contributed by atoms with Gasteiger partial charge in [-0.05, 0) is 12.1 Å². The summed E-state index contributed by atoms with van der Waals surface area (Å²) in [5, 5.41) is 10.5. The number of pyridine rings is 1. The number of nitriles is 1. The maximum atomic E-state index is 8.93. The Morgan fingerprint density at radius 2 is 2.06 bits per heavy atom. The van der Waals surface area contributed by atoms with E-state index < -0.39 is 0 Å². The van der Waals surface area contributed by atoms with E-state index in [0.29, 0.717) is 21.2 Å². The number of hydrogen-bond donors (Lipinski definition) is 0. The van der Waals surface area contributed by atoms with Crippen molar-refractivity contribution in [3.8, 4) is 6.07 Å². The van der Waals surface area contributed by atoms with Gasteiger partial charge in [0.15, 0.2) is 0 Å². The molecule has 2 rings (SSSR count). The second-order valence-corrected chi connectivity index (χ2v) is 6.58. The second kappa shape index (κ2) is 5.16. The van der Waals surface area contributed by atoms with Crippen LogP contribution in [0.4, 0.5) is 5.82 Å². The molecule has 1 aliphatic heterocycles. The van der Waals surface area contributed by atoms with Crippen molar-refractivity contribution in [2.75, 3.05) is 18.0 Å². The van der Waals surface area contributed by atoms with Crippen LogP contribution in [0, 0.1) is 11.3 Å². The maximum absolute atomic E-state index is 8.93. The van der Waals surface area contributed by atoms with Gasteiger partial charge in [-0.1, -0.05) is 25.4 Å². The summed E-state index contributed by atoms with van der Waals surface area (Å²) in [7, 11) is 0. The third-order valence-corrected chi connectivity index (χ3v) is 4.07. The molecular formula is C12H14ClN3S. The van der Waals surface area contributed by atoms with E-state index in [2.05, 4.69) is 29.8 Å². The topological polar surface area (TPSA) is 39.9 Å². The minimum Gasteiger partial charge on any atom is -0.354 e. The van der Waals surface area contributed by atoms with Crippen molar-refractivity contribution < 1.29 is 0 Å². The maximum Gasteiger partial charge on any atom is 0.132 e. The van der Waals surface area contributed by atoms with Crippen LogP contribution in [0.1, 0.15) is 19.4 Å². The van der Waals surface area contributed by atoms with Crippen molar-refractivity contribution in [3.05, 3.63) is 22.8 Å². The molecule has 0 radical (unpaired) electrons. The summed E-state index contributed by atoms with van der Waals surface area (Å²) >= 11 is 7.91. The van der Waals surface area contributed by atoms with Crippen LogP contribution in [0.2, 0.25) is 5.15 Å². The molecule has 17 heavy (non-hydrogen) atoms. The molecule has 2 heterocycles. The molecule has 0 aliphatic carbocycles. The zero-order valence-electron chi connectivity index (χ0n) is 9.85. The number of anilines is 1. The van der Waals surface area contributed by atoms with Gasteiger partial charge in [0, 0.05) is 23.6 Å². The van der Waals surface area contributed by atoms with Crippen LogP contribution in [0.15, 0.2) is 12.1 Å². The number of hydrogen-bond acceptors (Lipinski definition) is 4. The fourth-order valence-corrected chi connectivity index (χ4v) is 3.60. The van der Waals surface area contributed by atoms with Gasteiger partial charge in [-0.2, -0.15) is 17.0 Å². The largest absolute Gasteiger partial charge is 0.354 e. The highest BCUT2D eigenvalue weighted by Gasteiger charge is 2.23. The lowest BCUT2D eigenvalue weighted by Gasteiger charge is -2.35. The zero-order chi connectivity index (χ0) is 12.4. The molecule has 1 aromatic heterocycles. The summed E-state index contributed by atoms with van der Waals surface area (Å²) < 4.78 is 0. The third kappa shape index (κ3) is 3.05. The molecule has 1 fully saturated rings. The normalized spacial score (nSPS) is 24.5. The lowest BCUT2D eigenvalue weighted by atomic mass is 10.2. The highest BCUT2D eigenvalue weighted by Crippen LogP contribution is 2.28. The van der Waals surface area contributed by atoms with E-state index >= 15 is 0 Å².